The fourth-order valence-electron chi connectivity index (χ4n) is 4.43. The fraction of sp³-hybridized carbons (Fsp3) is 0.609. The molecule has 2 fully saturated rings. The Morgan fingerprint density at radius 2 is 1.83 bits per heavy atom. The van der Waals surface area contributed by atoms with Gasteiger partial charge in [-0.2, -0.15) is 13.2 Å². The number of carbonyl (C=O) groups is 3. The number of likely N-dealkylation sites (tertiary alicyclic amines) is 2. The van der Waals surface area contributed by atoms with E-state index >= 15 is 0 Å². The minimum absolute atomic E-state index is 0.0142. The number of amides is 2. The zero-order valence-corrected chi connectivity index (χ0v) is 20.4. The van der Waals surface area contributed by atoms with E-state index in [0.717, 1.165) is 12.1 Å². The number of hydrogen-bond acceptors (Lipinski definition) is 5. The first-order valence-corrected chi connectivity index (χ1v) is 11.7. The van der Waals surface area contributed by atoms with E-state index in [2.05, 4.69) is 5.32 Å². The van der Waals surface area contributed by atoms with Crippen LogP contribution in [0, 0.1) is 5.92 Å². The van der Waals surface area contributed by atoms with Gasteiger partial charge in [0.2, 0.25) is 5.91 Å². The first kappa shape index (κ1) is 26.9. The summed E-state index contributed by atoms with van der Waals surface area (Å²) in [6.45, 7) is 5.59. The highest BCUT2D eigenvalue weighted by Gasteiger charge is 2.44. The molecule has 0 bridgehead atoms. The molecule has 0 radical (unpaired) electrons. The van der Waals surface area contributed by atoms with Gasteiger partial charge in [0.05, 0.1) is 17.5 Å². The third kappa shape index (κ3) is 6.71. The largest absolute Gasteiger partial charge is 0.481 e. The second-order valence-electron chi connectivity index (χ2n) is 9.82. The Kier molecular flexibility index (Phi) is 7.78. The van der Waals surface area contributed by atoms with E-state index in [1.807, 2.05) is 0 Å². The molecule has 0 saturated carbocycles. The maximum absolute atomic E-state index is 13.3. The molecule has 194 valence electrons. The minimum Gasteiger partial charge on any atom is -0.481 e. The molecular weight excluding hydrogens is 491 g/mol. The number of hydrogen-bond donors (Lipinski definition) is 2. The number of nitrogens with zero attached hydrogens (tertiary/aromatic N) is 2. The van der Waals surface area contributed by atoms with Crippen LogP contribution in [0.4, 0.5) is 23.7 Å². The lowest BCUT2D eigenvalue weighted by Gasteiger charge is -2.45. The Morgan fingerprint density at radius 1 is 1.14 bits per heavy atom. The summed E-state index contributed by atoms with van der Waals surface area (Å²) in [5.74, 6) is -2.40. The number of piperidine rings is 2. The molecule has 3 unspecified atom stereocenters. The van der Waals surface area contributed by atoms with Crippen LogP contribution >= 0.6 is 11.6 Å². The topological polar surface area (TPSA) is 99.2 Å². The van der Waals surface area contributed by atoms with Crippen LogP contribution in [-0.4, -0.2) is 70.2 Å². The van der Waals surface area contributed by atoms with Crippen LogP contribution in [0.5, 0.6) is 0 Å². The number of halogens is 4. The van der Waals surface area contributed by atoms with Gasteiger partial charge in [0, 0.05) is 30.3 Å². The predicted octanol–water partition coefficient (Wildman–Crippen LogP) is 4.47. The zero-order chi connectivity index (χ0) is 26.1. The van der Waals surface area contributed by atoms with Gasteiger partial charge in [0.25, 0.3) is 0 Å². The highest BCUT2D eigenvalue weighted by atomic mass is 35.5. The lowest BCUT2D eigenvalue weighted by atomic mass is 9.88. The van der Waals surface area contributed by atoms with Crippen LogP contribution < -0.4 is 5.32 Å². The second-order valence-corrected chi connectivity index (χ2v) is 10.3. The minimum atomic E-state index is -4.61. The summed E-state index contributed by atoms with van der Waals surface area (Å²) in [6, 6.07) is 1.31. The Bertz CT molecular complexity index is 982. The first-order valence-electron chi connectivity index (χ1n) is 11.3. The van der Waals surface area contributed by atoms with Gasteiger partial charge in [-0.25, -0.2) is 4.79 Å². The number of ether oxygens (including phenoxy) is 1. The molecule has 2 aliphatic rings. The lowest BCUT2D eigenvalue weighted by Crippen LogP contribution is -2.61. The number of carbonyl (C=O) groups excluding carboxylic acids is 2. The summed E-state index contributed by atoms with van der Waals surface area (Å²) in [5, 5.41) is 12.5. The van der Waals surface area contributed by atoms with E-state index < -0.39 is 53.3 Å². The standard InChI is InChI=1S/C23H29ClF3N3O5/c1-22(2,3)35-21(34)29-8-6-16(20(32)33)18(12-29)30-7-4-5-17(19(30)31)28-15-10-13(23(25,26)27)9-14(24)11-15/h9-11,16-18,28H,4-8,12H2,1-3H3,(H,32,33). The van der Waals surface area contributed by atoms with Crippen LogP contribution in [0.25, 0.3) is 0 Å². The molecule has 2 saturated heterocycles. The molecule has 2 N–H and O–H groups in total. The van der Waals surface area contributed by atoms with Gasteiger partial charge >= 0.3 is 18.2 Å². The quantitative estimate of drug-likeness (QED) is 0.609. The van der Waals surface area contributed by atoms with Crippen molar-refractivity contribution in [2.24, 2.45) is 5.92 Å². The van der Waals surface area contributed by atoms with Gasteiger partial charge in [-0.15, -0.1) is 0 Å². The number of carboxylic acids is 1. The van der Waals surface area contributed by atoms with Gasteiger partial charge in [-0.05, 0) is 58.2 Å². The van der Waals surface area contributed by atoms with Crippen molar-refractivity contribution in [3.63, 3.8) is 0 Å². The average Bonchev–Trinajstić information content (AvgIpc) is 2.72. The monoisotopic (exact) mass is 519 g/mol. The number of rotatable bonds is 4. The number of aliphatic carboxylic acids is 1. The number of anilines is 1. The summed E-state index contributed by atoms with van der Waals surface area (Å²) in [5.41, 5.74) is -1.64. The number of benzene rings is 1. The molecule has 1 aromatic rings. The Balaban J connectivity index is 1.80. The average molecular weight is 520 g/mol. The summed E-state index contributed by atoms with van der Waals surface area (Å²) in [4.78, 5) is 40.7. The lowest BCUT2D eigenvalue weighted by molar-refractivity contribution is -0.151. The van der Waals surface area contributed by atoms with E-state index in [9.17, 15) is 32.7 Å². The fourth-order valence-corrected chi connectivity index (χ4v) is 4.66. The number of nitrogens with one attached hydrogen (secondary N) is 1. The van der Waals surface area contributed by atoms with Crippen LogP contribution in [0.2, 0.25) is 5.02 Å². The molecule has 2 heterocycles. The van der Waals surface area contributed by atoms with Crippen LogP contribution in [0.3, 0.4) is 0 Å². The number of carboxylic acid groups (broad SMARTS) is 1. The maximum atomic E-state index is 13.3. The first-order chi connectivity index (χ1) is 16.2. The van der Waals surface area contributed by atoms with Crippen molar-refractivity contribution < 1.29 is 37.4 Å². The van der Waals surface area contributed by atoms with E-state index in [1.165, 1.54) is 15.9 Å². The summed E-state index contributed by atoms with van der Waals surface area (Å²) >= 11 is 5.86. The van der Waals surface area contributed by atoms with Gasteiger partial charge in [-0.3, -0.25) is 9.59 Å². The SMILES string of the molecule is CC(C)(C)OC(=O)N1CCC(C(=O)O)C(N2CCCC(Nc3cc(Cl)cc(C(F)(F)F)c3)C2=O)C1. The van der Waals surface area contributed by atoms with Crippen molar-refractivity contribution in [2.75, 3.05) is 25.0 Å². The van der Waals surface area contributed by atoms with E-state index in [4.69, 9.17) is 16.3 Å². The van der Waals surface area contributed by atoms with Crippen LogP contribution in [0.1, 0.15) is 45.6 Å². The third-order valence-corrected chi connectivity index (χ3v) is 6.21. The van der Waals surface area contributed by atoms with E-state index in [-0.39, 0.29) is 36.8 Å². The van der Waals surface area contributed by atoms with Crippen molar-refractivity contribution in [1.29, 1.82) is 0 Å². The third-order valence-electron chi connectivity index (χ3n) is 5.99. The molecule has 0 aliphatic carbocycles. The predicted molar refractivity (Wildman–Crippen MR) is 122 cm³/mol. The highest BCUT2D eigenvalue weighted by Crippen LogP contribution is 2.34. The van der Waals surface area contributed by atoms with Gasteiger partial charge in [0.1, 0.15) is 11.6 Å². The Labute approximate surface area is 206 Å². The van der Waals surface area contributed by atoms with Crippen molar-refractivity contribution in [2.45, 2.75) is 63.9 Å². The highest BCUT2D eigenvalue weighted by molar-refractivity contribution is 6.31. The smallest absolute Gasteiger partial charge is 0.416 e. The molecule has 1 aromatic carbocycles. The molecule has 2 amide bonds. The second kappa shape index (κ2) is 10.1. The van der Waals surface area contributed by atoms with Crippen LogP contribution in [0.15, 0.2) is 18.2 Å². The Morgan fingerprint density at radius 3 is 2.43 bits per heavy atom. The van der Waals surface area contributed by atoms with Gasteiger partial charge in [0.15, 0.2) is 0 Å². The molecule has 12 heteroatoms. The molecule has 3 rings (SSSR count). The number of alkyl halides is 3. The van der Waals surface area contributed by atoms with Crippen molar-refractivity contribution in [1.82, 2.24) is 9.80 Å². The summed E-state index contributed by atoms with van der Waals surface area (Å²) < 4.78 is 44.9. The van der Waals surface area contributed by atoms with Crippen molar-refractivity contribution in [3.8, 4) is 0 Å². The molecule has 0 spiro atoms. The zero-order valence-electron chi connectivity index (χ0n) is 19.7. The normalized spacial score (nSPS) is 23.7. The molecular formula is C23H29ClF3N3O5. The van der Waals surface area contributed by atoms with Crippen molar-refractivity contribution >= 4 is 35.3 Å². The molecule has 8 nitrogen and oxygen atoms in total. The van der Waals surface area contributed by atoms with Crippen LogP contribution in [-0.2, 0) is 20.5 Å². The summed E-state index contributed by atoms with van der Waals surface area (Å²) in [6.07, 6.45) is -4.20. The van der Waals surface area contributed by atoms with Crippen molar-refractivity contribution in [3.05, 3.63) is 28.8 Å². The van der Waals surface area contributed by atoms with Gasteiger partial charge < -0.3 is 25.0 Å². The Hall–Kier alpha value is -2.69. The van der Waals surface area contributed by atoms with E-state index in [1.54, 1.807) is 20.8 Å². The van der Waals surface area contributed by atoms with Gasteiger partial charge in [-0.1, -0.05) is 11.6 Å². The molecule has 3 atom stereocenters. The molecule has 2 aliphatic heterocycles. The van der Waals surface area contributed by atoms with E-state index in [0.29, 0.717) is 12.8 Å². The maximum Gasteiger partial charge on any atom is 0.416 e. The summed E-state index contributed by atoms with van der Waals surface area (Å²) in [7, 11) is 0. The molecule has 0 aromatic heterocycles. The molecule has 35 heavy (non-hydrogen) atoms.